The van der Waals surface area contributed by atoms with Gasteiger partial charge in [-0.2, -0.15) is 0 Å². The molecular weight excluding hydrogens is 362 g/mol. The van der Waals surface area contributed by atoms with Gasteiger partial charge in [-0.1, -0.05) is 0 Å². The first-order valence-corrected chi connectivity index (χ1v) is 6.82. The van der Waals surface area contributed by atoms with Crippen LogP contribution in [-0.4, -0.2) is 9.55 Å². The third kappa shape index (κ3) is 2.64. The van der Waals surface area contributed by atoms with Gasteiger partial charge in [-0.15, -0.1) is 0 Å². The minimum atomic E-state index is -0.0957. The molecule has 0 aliphatic rings. The fourth-order valence-corrected chi connectivity index (χ4v) is 2.46. The lowest BCUT2D eigenvalue weighted by Crippen LogP contribution is -2.22. The Bertz CT molecular complexity index is 652. The molecule has 2 heterocycles. The fraction of sp³-hybridized carbons (Fsp3) is 0.167. The normalized spacial score (nSPS) is 10.6. The number of nitrogens with zero attached hydrogens (tertiary/aromatic N) is 2. The second-order valence-electron chi connectivity index (χ2n) is 3.97. The number of anilines is 1. The Morgan fingerprint density at radius 3 is 2.78 bits per heavy atom. The molecule has 0 aliphatic heterocycles. The lowest BCUT2D eigenvalue weighted by molar-refractivity contribution is 0.751. The molecule has 4 nitrogen and oxygen atoms in total. The molecule has 0 aromatic carbocycles. The summed E-state index contributed by atoms with van der Waals surface area (Å²) < 4.78 is 2.95. The van der Waals surface area contributed by atoms with Crippen LogP contribution in [0.15, 0.2) is 38.4 Å². The Balaban J connectivity index is 2.44. The van der Waals surface area contributed by atoms with E-state index >= 15 is 0 Å². The van der Waals surface area contributed by atoms with E-state index in [1.54, 1.807) is 23.2 Å². The minimum Gasteiger partial charge on any atom is -0.397 e. The number of pyridine rings is 2. The first-order valence-electron chi connectivity index (χ1n) is 5.23. The lowest BCUT2D eigenvalue weighted by Gasteiger charge is -2.10. The van der Waals surface area contributed by atoms with Crippen LogP contribution in [-0.2, 0) is 6.54 Å². The van der Waals surface area contributed by atoms with E-state index in [1.165, 1.54) is 0 Å². The van der Waals surface area contributed by atoms with E-state index < -0.39 is 0 Å². The number of nitrogens with two attached hydrogens (primary N) is 1. The predicted octanol–water partition coefficient (Wildman–Crippen LogP) is 2.71. The van der Waals surface area contributed by atoms with E-state index in [0.717, 1.165) is 15.6 Å². The molecule has 2 aromatic rings. The van der Waals surface area contributed by atoms with Crippen molar-refractivity contribution in [2.75, 3.05) is 5.73 Å². The Morgan fingerprint density at radius 2 is 2.11 bits per heavy atom. The summed E-state index contributed by atoms with van der Waals surface area (Å²) in [6, 6.07) is 1.92. The Kier molecular flexibility index (Phi) is 3.87. The summed E-state index contributed by atoms with van der Waals surface area (Å²) in [4.78, 5) is 16.1. The SMILES string of the molecule is Cc1c(N)cn(Cc2cncc(Br)c2)c(=O)c1Br. The molecule has 0 aliphatic carbocycles. The van der Waals surface area contributed by atoms with E-state index in [9.17, 15) is 4.79 Å². The van der Waals surface area contributed by atoms with Gasteiger partial charge in [0.2, 0.25) is 0 Å². The van der Waals surface area contributed by atoms with E-state index in [2.05, 4.69) is 36.8 Å². The third-order valence-corrected chi connectivity index (χ3v) is 3.99. The molecule has 2 N–H and O–H groups in total. The van der Waals surface area contributed by atoms with Gasteiger partial charge >= 0.3 is 0 Å². The predicted molar refractivity (Wildman–Crippen MR) is 78.6 cm³/mol. The Hall–Kier alpha value is -1.14. The molecule has 94 valence electrons. The third-order valence-electron chi connectivity index (χ3n) is 2.62. The highest BCUT2D eigenvalue weighted by atomic mass is 79.9. The summed E-state index contributed by atoms with van der Waals surface area (Å²) >= 11 is 6.62. The van der Waals surface area contributed by atoms with Crippen LogP contribution in [0.2, 0.25) is 0 Å². The maximum Gasteiger partial charge on any atom is 0.265 e. The highest BCUT2D eigenvalue weighted by Gasteiger charge is 2.08. The van der Waals surface area contributed by atoms with Gasteiger partial charge in [0.05, 0.1) is 16.7 Å². The van der Waals surface area contributed by atoms with Gasteiger partial charge in [-0.3, -0.25) is 9.78 Å². The Morgan fingerprint density at radius 1 is 1.39 bits per heavy atom. The number of nitrogen functional groups attached to an aromatic ring is 1. The average Bonchev–Trinajstić information content (AvgIpc) is 2.33. The van der Waals surface area contributed by atoms with Crippen molar-refractivity contribution in [3.63, 3.8) is 0 Å². The van der Waals surface area contributed by atoms with E-state index in [-0.39, 0.29) is 5.56 Å². The number of hydrogen-bond acceptors (Lipinski definition) is 3. The molecule has 0 saturated heterocycles. The monoisotopic (exact) mass is 371 g/mol. The topological polar surface area (TPSA) is 60.9 Å². The molecule has 0 amide bonds. The molecule has 0 spiro atoms. The van der Waals surface area contributed by atoms with Gasteiger partial charge in [-0.05, 0) is 56.0 Å². The molecule has 0 fully saturated rings. The molecular formula is C12H11Br2N3O. The van der Waals surface area contributed by atoms with Gasteiger partial charge in [-0.25, -0.2) is 0 Å². The molecule has 0 bridgehead atoms. The summed E-state index contributed by atoms with van der Waals surface area (Å²) in [6.45, 7) is 2.25. The number of hydrogen-bond donors (Lipinski definition) is 1. The smallest absolute Gasteiger partial charge is 0.265 e. The van der Waals surface area contributed by atoms with E-state index in [0.29, 0.717) is 16.7 Å². The van der Waals surface area contributed by atoms with Gasteiger partial charge < -0.3 is 10.3 Å². The van der Waals surface area contributed by atoms with Gasteiger partial charge in [0.15, 0.2) is 0 Å². The maximum atomic E-state index is 12.1. The van der Waals surface area contributed by atoms with Crippen molar-refractivity contribution in [2.45, 2.75) is 13.5 Å². The molecule has 2 rings (SSSR count). The van der Waals surface area contributed by atoms with Crippen LogP contribution in [0.25, 0.3) is 0 Å². The molecule has 0 unspecified atom stereocenters. The van der Waals surface area contributed by atoms with Crippen molar-refractivity contribution >= 4 is 37.5 Å². The Labute approximate surface area is 121 Å². The summed E-state index contributed by atoms with van der Waals surface area (Å²) in [7, 11) is 0. The first kappa shape index (κ1) is 13.3. The molecule has 2 aromatic heterocycles. The fourth-order valence-electron chi connectivity index (χ4n) is 1.59. The van der Waals surface area contributed by atoms with Gasteiger partial charge in [0.1, 0.15) is 0 Å². The molecule has 6 heteroatoms. The van der Waals surface area contributed by atoms with Crippen LogP contribution < -0.4 is 11.3 Å². The highest BCUT2D eigenvalue weighted by molar-refractivity contribution is 9.10. The van der Waals surface area contributed by atoms with Crippen molar-refractivity contribution in [2.24, 2.45) is 0 Å². The minimum absolute atomic E-state index is 0.0957. The first-order chi connectivity index (χ1) is 8.49. The molecule has 0 saturated carbocycles. The van der Waals surface area contributed by atoms with Crippen molar-refractivity contribution in [1.82, 2.24) is 9.55 Å². The highest BCUT2D eigenvalue weighted by Crippen LogP contribution is 2.18. The molecule has 18 heavy (non-hydrogen) atoms. The maximum absolute atomic E-state index is 12.1. The zero-order valence-electron chi connectivity index (χ0n) is 9.65. The van der Waals surface area contributed by atoms with Crippen molar-refractivity contribution in [3.8, 4) is 0 Å². The number of aromatic nitrogens is 2. The largest absolute Gasteiger partial charge is 0.397 e. The van der Waals surface area contributed by atoms with Crippen molar-refractivity contribution in [3.05, 3.63) is 55.1 Å². The van der Waals surface area contributed by atoms with Gasteiger partial charge in [0.25, 0.3) is 5.56 Å². The van der Waals surface area contributed by atoms with Crippen LogP contribution in [0.1, 0.15) is 11.1 Å². The van der Waals surface area contributed by atoms with Crippen LogP contribution in [0, 0.1) is 6.92 Å². The summed E-state index contributed by atoms with van der Waals surface area (Å²) in [5.74, 6) is 0. The van der Waals surface area contributed by atoms with Gasteiger partial charge in [0, 0.05) is 23.1 Å². The van der Waals surface area contributed by atoms with Crippen LogP contribution in [0.3, 0.4) is 0 Å². The second kappa shape index (κ2) is 5.24. The quantitative estimate of drug-likeness (QED) is 0.881. The summed E-state index contributed by atoms with van der Waals surface area (Å²) in [5.41, 5.74) is 8.05. The number of rotatable bonds is 2. The van der Waals surface area contributed by atoms with E-state index in [4.69, 9.17) is 5.73 Å². The van der Waals surface area contributed by atoms with Crippen molar-refractivity contribution in [1.29, 1.82) is 0 Å². The number of halogens is 2. The molecule has 0 atom stereocenters. The zero-order chi connectivity index (χ0) is 13.3. The van der Waals surface area contributed by atoms with E-state index in [1.807, 2.05) is 13.0 Å². The standard InChI is InChI=1S/C12H11Br2N3O/c1-7-10(15)6-17(12(18)11(7)14)5-8-2-9(13)4-16-3-8/h2-4,6H,5,15H2,1H3. The van der Waals surface area contributed by atoms with Crippen molar-refractivity contribution < 1.29 is 0 Å². The summed E-state index contributed by atoms with van der Waals surface area (Å²) in [5, 5.41) is 0. The molecule has 0 radical (unpaired) electrons. The summed E-state index contributed by atoms with van der Waals surface area (Å²) in [6.07, 6.45) is 5.08. The van der Waals surface area contributed by atoms with Crippen LogP contribution >= 0.6 is 31.9 Å². The van der Waals surface area contributed by atoms with Crippen LogP contribution in [0.5, 0.6) is 0 Å². The average molecular weight is 373 g/mol. The zero-order valence-corrected chi connectivity index (χ0v) is 12.8. The lowest BCUT2D eigenvalue weighted by atomic mass is 10.2. The second-order valence-corrected chi connectivity index (χ2v) is 5.68. The van der Waals surface area contributed by atoms with Crippen LogP contribution in [0.4, 0.5) is 5.69 Å².